The third-order valence-corrected chi connectivity index (χ3v) is 5.76. The molecule has 0 unspecified atom stereocenters. The zero-order valence-corrected chi connectivity index (χ0v) is 17.4. The predicted molar refractivity (Wildman–Crippen MR) is 112 cm³/mol. The molecule has 2 aromatic heterocycles. The van der Waals surface area contributed by atoms with Crippen molar-refractivity contribution in [3.05, 3.63) is 63.5 Å². The number of nitrogens with zero attached hydrogens (tertiary/aromatic N) is 3. The minimum absolute atomic E-state index is 0.0833. The fourth-order valence-corrected chi connectivity index (χ4v) is 4.13. The summed E-state index contributed by atoms with van der Waals surface area (Å²) in [6.07, 6.45) is 5.70. The highest BCUT2D eigenvalue weighted by atomic mass is 35.5. The number of halogens is 1. The van der Waals surface area contributed by atoms with E-state index in [4.69, 9.17) is 16.0 Å². The molecule has 6 nitrogen and oxygen atoms in total. The zero-order chi connectivity index (χ0) is 20.5. The fourth-order valence-electron chi connectivity index (χ4n) is 3.96. The van der Waals surface area contributed by atoms with E-state index >= 15 is 0 Å². The molecule has 1 aromatic carbocycles. The van der Waals surface area contributed by atoms with E-state index in [0.29, 0.717) is 40.9 Å². The first-order chi connectivity index (χ1) is 13.9. The Hall–Kier alpha value is -2.60. The first-order valence-corrected chi connectivity index (χ1v) is 10.3. The van der Waals surface area contributed by atoms with E-state index in [1.807, 2.05) is 12.4 Å². The van der Waals surface area contributed by atoms with Crippen molar-refractivity contribution in [2.24, 2.45) is 5.92 Å². The topological polar surface area (TPSA) is 68.3 Å². The molecule has 3 aromatic rings. The van der Waals surface area contributed by atoms with E-state index in [-0.39, 0.29) is 17.1 Å². The van der Waals surface area contributed by atoms with Crippen molar-refractivity contribution in [1.29, 1.82) is 0 Å². The summed E-state index contributed by atoms with van der Waals surface area (Å²) in [5.41, 5.74) is 0.120. The Kier molecular flexibility index (Phi) is 5.46. The van der Waals surface area contributed by atoms with E-state index in [0.717, 1.165) is 25.2 Å². The van der Waals surface area contributed by atoms with Gasteiger partial charge in [-0.1, -0.05) is 25.4 Å². The molecule has 0 bridgehead atoms. The second kappa shape index (κ2) is 8.03. The number of fused-ring (bicyclic) bond motifs is 1. The van der Waals surface area contributed by atoms with Gasteiger partial charge in [0.1, 0.15) is 11.4 Å². The number of imidazole rings is 1. The van der Waals surface area contributed by atoms with Gasteiger partial charge in [0.2, 0.25) is 0 Å². The van der Waals surface area contributed by atoms with Gasteiger partial charge >= 0.3 is 0 Å². The molecule has 1 aliphatic rings. The third kappa shape index (κ3) is 4.08. The van der Waals surface area contributed by atoms with Crippen LogP contribution in [0.1, 0.15) is 49.0 Å². The summed E-state index contributed by atoms with van der Waals surface area (Å²) in [4.78, 5) is 31.5. The SMILES string of the molecule is CC(C)c1nccn1CC1CCN(C(=O)c2cc(=O)c3cc(Cl)ccc3o2)CC1. The molecule has 0 spiro atoms. The molecule has 29 heavy (non-hydrogen) atoms. The molecular weight excluding hydrogens is 390 g/mol. The first-order valence-electron chi connectivity index (χ1n) is 9.96. The second-order valence-corrected chi connectivity index (χ2v) is 8.38. The summed E-state index contributed by atoms with van der Waals surface area (Å²) < 4.78 is 7.93. The Labute approximate surface area is 174 Å². The van der Waals surface area contributed by atoms with Gasteiger partial charge in [-0.2, -0.15) is 0 Å². The fraction of sp³-hybridized carbons (Fsp3) is 0.409. The van der Waals surface area contributed by atoms with Crippen molar-refractivity contribution in [3.8, 4) is 0 Å². The van der Waals surface area contributed by atoms with Gasteiger partial charge in [0.25, 0.3) is 5.91 Å². The molecule has 1 fully saturated rings. The maximum Gasteiger partial charge on any atom is 0.289 e. The van der Waals surface area contributed by atoms with Crippen molar-refractivity contribution >= 4 is 28.5 Å². The largest absolute Gasteiger partial charge is 0.451 e. The molecule has 1 amide bonds. The van der Waals surface area contributed by atoms with Crippen LogP contribution in [-0.4, -0.2) is 33.4 Å². The number of hydrogen-bond donors (Lipinski definition) is 0. The lowest BCUT2D eigenvalue weighted by Gasteiger charge is -2.32. The van der Waals surface area contributed by atoms with Gasteiger partial charge in [-0.05, 0) is 37.0 Å². The standard InChI is InChI=1S/C22H24ClN3O3/c1-14(2)21-24-7-10-26(21)13-15-5-8-25(9-6-15)22(28)20-12-18(27)17-11-16(23)3-4-19(17)29-20/h3-4,7,10-12,14-15H,5-6,8-9,13H2,1-2H3. The number of piperidine rings is 1. The van der Waals surface area contributed by atoms with E-state index in [1.54, 1.807) is 23.1 Å². The Bertz CT molecular complexity index is 1090. The van der Waals surface area contributed by atoms with Crippen LogP contribution >= 0.6 is 11.6 Å². The van der Waals surface area contributed by atoms with Crippen LogP contribution < -0.4 is 5.43 Å². The molecule has 152 valence electrons. The summed E-state index contributed by atoms with van der Waals surface area (Å²) in [6, 6.07) is 6.10. The predicted octanol–water partition coefficient (Wildman–Crippen LogP) is 4.32. The highest BCUT2D eigenvalue weighted by Gasteiger charge is 2.26. The van der Waals surface area contributed by atoms with Crippen molar-refractivity contribution in [2.75, 3.05) is 13.1 Å². The molecule has 1 saturated heterocycles. The lowest BCUT2D eigenvalue weighted by Crippen LogP contribution is -2.39. The van der Waals surface area contributed by atoms with Gasteiger partial charge in [-0.15, -0.1) is 0 Å². The van der Waals surface area contributed by atoms with Crippen molar-refractivity contribution in [1.82, 2.24) is 14.5 Å². The summed E-state index contributed by atoms with van der Waals surface area (Å²) in [5.74, 6) is 1.83. The Morgan fingerprint density at radius 2 is 2.03 bits per heavy atom. The van der Waals surface area contributed by atoms with E-state index in [9.17, 15) is 9.59 Å². The van der Waals surface area contributed by atoms with Crippen molar-refractivity contribution < 1.29 is 9.21 Å². The molecular formula is C22H24ClN3O3. The van der Waals surface area contributed by atoms with Crippen LogP contribution in [0.3, 0.4) is 0 Å². The van der Waals surface area contributed by atoms with Gasteiger partial charge in [0, 0.05) is 49.0 Å². The number of rotatable bonds is 4. The van der Waals surface area contributed by atoms with E-state index < -0.39 is 0 Å². The molecule has 3 heterocycles. The maximum atomic E-state index is 12.9. The number of aromatic nitrogens is 2. The number of carbonyl (C=O) groups excluding carboxylic acids is 1. The second-order valence-electron chi connectivity index (χ2n) is 7.94. The van der Waals surface area contributed by atoms with Crippen LogP contribution in [0.2, 0.25) is 5.02 Å². The van der Waals surface area contributed by atoms with Gasteiger partial charge in [-0.25, -0.2) is 4.98 Å². The molecule has 0 aliphatic carbocycles. The molecule has 0 saturated carbocycles. The lowest BCUT2D eigenvalue weighted by atomic mass is 9.96. The summed E-state index contributed by atoms with van der Waals surface area (Å²) >= 11 is 5.94. The normalized spacial score (nSPS) is 15.4. The third-order valence-electron chi connectivity index (χ3n) is 5.52. The first kappa shape index (κ1) is 19.7. The van der Waals surface area contributed by atoms with Crippen LogP contribution in [0, 0.1) is 5.92 Å². The number of amides is 1. The van der Waals surface area contributed by atoms with Crippen molar-refractivity contribution in [2.45, 2.75) is 39.2 Å². The van der Waals surface area contributed by atoms with Crippen LogP contribution in [-0.2, 0) is 6.54 Å². The number of carbonyl (C=O) groups is 1. The molecule has 1 aliphatic heterocycles. The van der Waals surface area contributed by atoms with Gasteiger partial charge in [0.05, 0.1) is 5.39 Å². The number of hydrogen-bond acceptors (Lipinski definition) is 4. The molecule has 4 rings (SSSR count). The summed E-state index contributed by atoms with van der Waals surface area (Å²) in [6.45, 7) is 6.51. The summed E-state index contributed by atoms with van der Waals surface area (Å²) in [5, 5.41) is 0.846. The maximum absolute atomic E-state index is 12.9. The van der Waals surface area contributed by atoms with Crippen molar-refractivity contribution in [3.63, 3.8) is 0 Å². The average molecular weight is 414 g/mol. The Morgan fingerprint density at radius 1 is 1.28 bits per heavy atom. The zero-order valence-electron chi connectivity index (χ0n) is 16.6. The van der Waals surface area contributed by atoms with Gasteiger partial charge < -0.3 is 13.9 Å². The van der Waals surface area contributed by atoms with Crippen LogP contribution in [0.5, 0.6) is 0 Å². The smallest absolute Gasteiger partial charge is 0.289 e. The lowest BCUT2D eigenvalue weighted by molar-refractivity contribution is 0.0651. The van der Waals surface area contributed by atoms with Gasteiger partial charge in [0.15, 0.2) is 11.2 Å². The monoisotopic (exact) mass is 413 g/mol. The molecule has 0 atom stereocenters. The van der Waals surface area contributed by atoms with Crippen LogP contribution in [0.15, 0.2) is 45.9 Å². The minimum Gasteiger partial charge on any atom is -0.451 e. The summed E-state index contributed by atoms with van der Waals surface area (Å²) in [7, 11) is 0. The van der Waals surface area contributed by atoms with Crippen LogP contribution in [0.4, 0.5) is 0 Å². The quantitative estimate of drug-likeness (QED) is 0.638. The van der Waals surface area contributed by atoms with Crippen LogP contribution in [0.25, 0.3) is 11.0 Å². The molecule has 0 radical (unpaired) electrons. The average Bonchev–Trinajstić information content (AvgIpc) is 3.17. The highest BCUT2D eigenvalue weighted by Crippen LogP contribution is 2.24. The highest BCUT2D eigenvalue weighted by molar-refractivity contribution is 6.31. The Balaban J connectivity index is 1.44. The van der Waals surface area contributed by atoms with Gasteiger partial charge in [-0.3, -0.25) is 9.59 Å². The Morgan fingerprint density at radius 3 is 2.76 bits per heavy atom. The molecule has 7 heteroatoms. The number of likely N-dealkylation sites (tertiary alicyclic amines) is 1. The number of benzene rings is 1. The molecule has 0 N–H and O–H groups in total. The van der Waals surface area contributed by atoms with E-state index in [2.05, 4.69) is 23.4 Å². The van der Waals surface area contributed by atoms with E-state index in [1.165, 1.54) is 6.07 Å². The minimum atomic E-state index is -0.256.